The summed E-state index contributed by atoms with van der Waals surface area (Å²) in [5.74, 6) is 2.70. The van der Waals surface area contributed by atoms with Crippen LogP contribution in [0.2, 0.25) is 0 Å². The van der Waals surface area contributed by atoms with Crippen LogP contribution < -0.4 is 0 Å². The van der Waals surface area contributed by atoms with Gasteiger partial charge in [0.2, 0.25) is 0 Å². The number of hydrazone groups is 1. The third-order valence-electron chi connectivity index (χ3n) is 5.85. The summed E-state index contributed by atoms with van der Waals surface area (Å²) in [6.07, 6.45) is 7.43. The van der Waals surface area contributed by atoms with Crippen molar-refractivity contribution in [3.63, 3.8) is 0 Å². The van der Waals surface area contributed by atoms with Gasteiger partial charge in [-0.15, -0.1) is 21.5 Å². The van der Waals surface area contributed by atoms with Gasteiger partial charge in [0.05, 0.1) is 4.88 Å². The first-order valence-corrected chi connectivity index (χ1v) is 10.1. The fourth-order valence-electron chi connectivity index (χ4n) is 4.70. The molecule has 24 heavy (non-hydrogen) atoms. The maximum absolute atomic E-state index is 5.08. The van der Waals surface area contributed by atoms with E-state index in [2.05, 4.69) is 44.2 Å². The van der Waals surface area contributed by atoms with Crippen LogP contribution in [-0.4, -0.2) is 31.5 Å². The van der Waals surface area contributed by atoms with Crippen LogP contribution in [0.5, 0.6) is 0 Å². The Labute approximate surface area is 146 Å². The molecule has 0 spiro atoms. The molecule has 0 amide bonds. The van der Waals surface area contributed by atoms with E-state index >= 15 is 0 Å². The average Bonchev–Trinajstić information content (AvgIpc) is 3.38. The van der Waals surface area contributed by atoms with Crippen molar-refractivity contribution >= 4 is 17.0 Å². The summed E-state index contributed by atoms with van der Waals surface area (Å²) in [6, 6.07) is 5.13. The zero-order valence-electron chi connectivity index (χ0n) is 14.1. The lowest BCUT2D eigenvalue weighted by molar-refractivity contribution is 0.116. The van der Waals surface area contributed by atoms with Crippen LogP contribution in [0.15, 0.2) is 22.6 Å². The molecule has 4 heterocycles. The normalized spacial score (nSPS) is 26.5. The maximum Gasteiger partial charge on any atom is 0.174 e. The summed E-state index contributed by atoms with van der Waals surface area (Å²) in [6.45, 7) is 3.25. The molecule has 5 nitrogen and oxygen atoms in total. The first kappa shape index (κ1) is 14.6. The zero-order chi connectivity index (χ0) is 16.1. The lowest BCUT2D eigenvalue weighted by Crippen LogP contribution is -2.37. The molecule has 0 aromatic carbocycles. The van der Waals surface area contributed by atoms with Crippen molar-refractivity contribution in [3.8, 4) is 10.7 Å². The monoisotopic (exact) mass is 341 g/mol. The van der Waals surface area contributed by atoms with Crippen molar-refractivity contribution in [2.45, 2.75) is 64.1 Å². The summed E-state index contributed by atoms with van der Waals surface area (Å²) in [5.41, 5.74) is 1.37. The lowest BCUT2D eigenvalue weighted by Gasteiger charge is -2.35. The van der Waals surface area contributed by atoms with E-state index in [0.717, 1.165) is 31.0 Å². The Kier molecular flexibility index (Phi) is 3.47. The molecule has 2 atom stereocenters. The smallest absolute Gasteiger partial charge is 0.174 e. The molecule has 2 aromatic rings. The summed E-state index contributed by atoms with van der Waals surface area (Å²) >= 11 is 1.74. The molecule has 3 aliphatic rings. The highest BCUT2D eigenvalue weighted by Gasteiger charge is 2.46. The molecule has 1 aliphatic carbocycles. The molecule has 1 saturated carbocycles. The van der Waals surface area contributed by atoms with E-state index in [9.17, 15) is 0 Å². The van der Waals surface area contributed by atoms with Gasteiger partial charge in [0.1, 0.15) is 6.04 Å². The van der Waals surface area contributed by atoms with Crippen LogP contribution in [0.4, 0.5) is 0 Å². The van der Waals surface area contributed by atoms with Gasteiger partial charge in [-0.3, -0.25) is 5.01 Å². The predicted octanol–water partition coefficient (Wildman–Crippen LogP) is 4.09. The van der Waals surface area contributed by atoms with Crippen molar-refractivity contribution in [3.05, 3.63) is 23.3 Å². The van der Waals surface area contributed by atoms with Crippen LogP contribution >= 0.6 is 11.3 Å². The van der Waals surface area contributed by atoms with Gasteiger partial charge in [0.15, 0.2) is 11.6 Å². The molecule has 2 aromatic heterocycles. The Morgan fingerprint density at radius 3 is 2.83 bits per heavy atom. The minimum atomic E-state index is 0.304. The van der Waals surface area contributed by atoms with E-state index in [1.54, 1.807) is 11.3 Å². The molecule has 5 rings (SSSR count). The molecule has 2 unspecified atom stereocenters. The fourth-order valence-corrected chi connectivity index (χ4v) is 5.41. The Morgan fingerprint density at radius 1 is 1.21 bits per heavy atom. The van der Waals surface area contributed by atoms with Crippen molar-refractivity contribution < 1.29 is 0 Å². The SMILES string of the molecule is CCC1=NN(C2CCCC2)C2c3nnc(-c4cccs4)n3CCC12. The van der Waals surface area contributed by atoms with E-state index in [-0.39, 0.29) is 0 Å². The molecular weight excluding hydrogens is 318 g/mol. The number of nitrogens with zero attached hydrogens (tertiary/aromatic N) is 5. The van der Waals surface area contributed by atoms with E-state index in [1.807, 2.05) is 0 Å². The largest absolute Gasteiger partial charge is 0.308 e. The third kappa shape index (κ3) is 2.08. The zero-order valence-corrected chi connectivity index (χ0v) is 14.9. The number of hydrogen-bond donors (Lipinski definition) is 0. The maximum atomic E-state index is 5.08. The minimum Gasteiger partial charge on any atom is -0.308 e. The number of aromatic nitrogens is 3. The minimum absolute atomic E-state index is 0.304. The summed E-state index contributed by atoms with van der Waals surface area (Å²) in [4.78, 5) is 1.22. The Balaban J connectivity index is 1.56. The topological polar surface area (TPSA) is 46.3 Å². The summed E-state index contributed by atoms with van der Waals surface area (Å²) in [5, 5.41) is 18.8. The number of thiophene rings is 1. The first-order valence-electron chi connectivity index (χ1n) is 9.19. The van der Waals surface area contributed by atoms with Crippen LogP contribution in [-0.2, 0) is 6.54 Å². The molecule has 0 saturated heterocycles. The molecule has 6 heteroatoms. The van der Waals surface area contributed by atoms with Crippen molar-refractivity contribution in [2.24, 2.45) is 11.0 Å². The van der Waals surface area contributed by atoms with E-state index < -0.39 is 0 Å². The van der Waals surface area contributed by atoms with Gasteiger partial charge < -0.3 is 4.57 Å². The van der Waals surface area contributed by atoms with Crippen LogP contribution in [0.25, 0.3) is 10.7 Å². The van der Waals surface area contributed by atoms with Gasteiger partial charge in [-0.1, -0.05) is 25.8 Å². The molecule has 0 N–H and O–H groups in total. The highest BCUT2D eigenvalue weighted by molar-refractivity contribution is 7.13. The highest BCUT2D eigenvalue weighted by atomic mass is 32.1. The molecular formula is C18H23N5S. The van der Waals surface area contributed by atoms with Crippen molar-refractivity contribution in [1.29, 1.82) is 0 Å². The average molecular weight is 341 g/mol. The Morgan fingerprint density at radius 2 is 2.08 bits per heavy atom. The van der Waals surface area contributed by atoms with E-state index in [4.69, 9.17) is 5.10 Å². The van der Waals surface area contributed by atoms with Gasteiger partial charge >= 0.3 is 0 Å². The van der Waals surface area contributed by atoms with Crippen LogP contribution in [0.3, 0.4) is 0 Å². The number of hydrogen-bond acceptors (Lipinski definition) is 5. The van der Waals surface area contributed by atoms with Gasteiger partial charge in [-0.05, 0) is 37.1 Å². The summed E-state index contributed by atoms with van der Waals surface area (Å²) < 4.78 is 2.35. The van der Waals surface area contributed by atoms with Gasteiger partial charge in [0.25, 0.3) is 0 Å². The molecule has 126 valence electrons. The van der Waals surface area contributed by atoms with E-state index in [0.29, 0.717) is 18.0 Å². The van der Waals surface area contributed by atoms with Crippen LogP contribution in [0, 0.1) is 5.92 Å². The van der Waals surface area contributed by atoms with Gasteiger partial charge in [-0.2, -0.15) is 5.10 Å². The first-order chi connectivity index (χ1) is 11.9. The Bertz CT molecular complexity index is 756. The van der Waals surface area contributed by atoms with Crippen molar-refractivity contribution in [1.82, 2.24) is 19.8 Å². The highest BCUT2D eigenvalue weighted by Crippen LogP contribution is 2.45. The number of rotatable bonds is 3. The van der Waals surface area contributed by atoms with Gasteiger partial charge in [0, 0.05) is 24.2 Å². The Hall–Kier alpha value is -1.69. The van der Waals surface area contributed by atoms with Crippen molar-refractivity contribution in [2.75, 3.05) is 0 Å². The van der Waals surface area contributed by atoms with Gasteiger partial charge in [-0.25, -0.2) is 0 Å². The second kappa shape index (κ2) is 5.69. The predicted molar refractivity (Wildman–Crippen MR) is 96.0 cm³/mol. The number of fused-ring (bicyclic) bond motifs is 3. The quantitative estimate of drug-likeness (QED) is 0.844. The third-order valence-corrected chi connectivity index (χ3v) is 6.71. The van der Waals surface area contributed by atoms with Crippen LogP contribution in [0.1, 0.15) is 57.3 Å². The second-order valence-corrected chi connectivity index (χ2v) is 8.06. The summed E-state index contributed by atoms with van der Waals surface area (Å²) in [7, 11) is 0. The van der Waals surface area contributed by atoms with E-state index in [1.165, 1.54) is 36.3 Å². The fraction of sp³-hybridized carbons (Fsp3) is 0.611. The standard InChI is InChI=1S/C18H23N5S/c1-2-14-13-9-10-22-17(15-8-5-11-24-15)19-20-18(22)16(13)23(21-14)12-6-3-4-7-12/h5,8,11-13,16H,2-4,6-7,9-10H2,1H3. The molecule has 1 fully saturated rings. The molecule has 2 aliphatic heterocycles. The lowest BCUT2D eigenvalue weighted by atomic mass is 9.87. The molecule has 0 radical (unpaired) electrons. The second-order valence-electron chi connectivity index (χ2n) is 7.11. The molecule has 0 bridgehead atoms.